The Kier molecular flexibility index (Phi) is 5.87. The Balaban J connectivity index is 2.65. The van der Waals surface area contributed by atoms with Crippen LogP contribution in [0.3, 0.4) is 0 Å². The molecule has 1 atom stereocenters. The van der Waals surface area contributed by atoms with Crippen LogP contribution in [0.15, 0.2) is 18.2 Å². The second-order valence-corrected chi connectivity index (χ2v) is 8.84. The number of hydrogen-bond donors (Lipinski definition) is 2. The van der Waals surface area contributed by atoms with Crippen LogP contribution in [0, 0.1) is 0 Å². The SMILES string of the molecule is CC(C)(CNCC(O)c1cc(Cl)ccc1Cl)S(C)(=O)=O. The van der Waals surface area contributed by atoms with Crippen molar-refractivity contribution in [1.82, 2.24) is 5.32 Å². The van der Waals surface area contributed by atoms with Gasteiger partial charge in [-0.2, -0.15) is 0 Å². The Morgan fingerprint density at radius 1 is 1.35 bits per heavy atom. The normalized spacial score (nSPS) is 14.3. The van der Waals surface area contributed by atoms with Crippen LogP contribution in [0.1, 0.15) is 25.5 Å². The van der Waals surface area contributed by atoms with Crippen LogP contribution in [0.5, 0.6) is 0 Å². The molecule has 1 aromatic rings. The van der Waals surface area contributed by atoms with Gasteiger partial charge in [-0.15, -0.1) is 0 Å². The molecular weight excluding hydrogens is 321 g/mol. The van der Waals surface area contributed by atoms with E-state index in [0.717, 1.165) is 0 Å². The van der Waals surface area contributed by atoms with Crippen molar-refractivity contribution in [2.75, 3.05) is 19.3 Å². The lowest BCUT2D eigenvalue weighted by atomic mass is 10.1. The Morgan fingerprint density at radius 2 is 1.95 bits per heavy atom. The maximum atomic E-state index is 11.6. The standard InChI is InChI=1S/C13H19Cl2NO3S/c1-13(2,20(3,18)19)8-16-7-12(17)10-6-9(14)4-5-11(10)15/h4-6,12,16-17H,7-8H2,1-3H3. The molecule has 0 saturated carbocycles. The van der Waals surface area contributed by atoms with Gasteiger partial charge in [0.05, 0.1) is 10.9 Å². The molecule has 0 saturated heterocycles. The zero-order valence-electron chi connectivity index (χ0n) is 11.7. The third-order valence-corrected chi connectivity index (χ3v) is 5.94. The van der Waals surface area contributed by atoms with Gasteiger partial charge < -0.3 is 10.4 Å². The van der Waals surface area contributed by atoms with Gasteiger partial charge in [-0.1, -0.05) is 23.2 Å². The Morgan fingerprint density at radius 3 is 2.50 bits per heavy atom. The molecule has 0 bridgehead atoms. The van der Waals surface area contributed by atoms with Crippen molar-refractivity contribution in [3.63, 3.8) is 0 Å². The van der Waals surface area contributed by atoms with E-state index in [0.29, 0.717) is 15.6 Å². The van der Waals surface area contributed by atoms with Crippen LogP contribution in [-0.2, 0) is 9.84 Å². The maximum Gasteiger partial charge on any atom is 0.153 e. The van der Waals surface area contributed by atoms with E-state index in [1.807, 2.05) is 0 Å². The van der Waals surface area contributed by atoms with Gasteiger partial charge in [0.25, 0.3) is 0 Å². The topological polar surface area (TPSA) is 66.4 Å². The van der Waals surface area contributed by atoms with Gasteiger partial charge in [0.2, 0.25) is 0 Å². The first-order valence-electron chi connectivity index (χ1n) is 6.08. The van der Waals surface area contributed by atoms with Crippen LogP contribution >= 0.6 is 23.2 Å². The third kappa shape index (κ3) is 4.60. The summed E-state index contributed by atoms with van der Waals surface area (Å²) in [5.74, 6) is 0. The fourth-order valence-electron chi connectivity index (χ4n) is 1.52. The molecule has 0 fully saturated rings. The third-order valence-electron chi connectivity index (χ3n) is 3.21. The van der Waals surface area contributed by atoms with Crippen LogP contribution in [0.2, 0.25) is 10.0 Å². The van der Waals surface area contributed by atoms with Crippen LogP contribution < -0.4 is 5.32 Å². The molecule has 0 heterocycles. The summed E-state index contributed by atoms with van der Waals surface area (Å²) in [6, 6.07) is 4.85. The summed E-state index contributed by atoms with van der Waals surface area (Å²) in [6.07, 6.45) is 0.343. The van der Waals surface area contributed by atoms with Crippen molar-refractivity contribution in [3.8, 4) is 0 Å². The summed E-state index contributed by atoms with van der Waals surface area (Å²) < 4.78 is 22.2. The average molecular weight is 340 g/mol. The highest BCUT2D eigenvalue weighted by molar-refractivity contribution is 7.92. The van der Waals surface area contributed by atoms with E-state index in [4.69, 9.17) is 23.2 Å². The molecule has 1 aromatic carbocycles. The molecule has 7 heteroatoms. The van der Waals surface area contributed by atoms with Crippen molar-refractivity contribution >= 4 is 33.0 Å². The van der Waals surface area contributed by atoms with Gasteiger partial charge in [-0.25, -0.2) is 8.42 Å². The van der Waals surface area contributed by atoms with Gasteiger partial charge in [0.1, 0.15) is 0 Å². The summed E-state index contributed by atoms with van der Waals surface area (Å²) in [5.41, 5.74) is 0.517. The lowest BCUT2D eigenvalue weighted by Crippen LogP contribution is -2.42. The van der Waals surface area contributed by atoms with Gasteiger partial charge in [0.15, 0.2) is 9.84 Å². The molecule has 0 aromatic heterocycles. The fourth-order valence-corrected chi connectivity index (χ4v) is 2.31. The predicted molar refractivity (Wildman–Crippen MR) is 83.2 cm³/mol. The summed E-state index contributed by atoms with van der Waals surface area (Å²) >= 11 is 11.8. The Labute approximate surface area is 130 Å². The van der Waals surface area contributed by atoms with Crippen molar-refractivity contribution < 1.29 is 13.5 Å². The van der Waals surface area contributed by atoms with Crippen molar-refractivity contribution in [3.05, 3.63) is 33.8 Å². The second kappa shape index (κ2) is 6.62. The molecular formula is C13H19Cl2NO3S. The number of aliphatic hydroxyl groups excluding tert-OH is 1. The number of hydrogen-bond acceptors (Lipinski definition) is 4. The summed E-state index contributed by atoms with van der Waals surface area (Å²) in [6.45, 7) is 3.70. The minimum absolute atomic E-state index is 0.193. The number of halogens is 2. The maximum absolute atomic E-state index is 11.6. The number of sulfone groups is 1. The fraction of sp³-hybridized carbons (Fsp3) is 0.538. The van der Waals surface area contributed by atoms with Crippen molar-refractivity contribution in [2.24, 2.45) is 0 Å². The van der Waals surface area contributed by atoms with Gasteiger partial charge >= 0.3 is 0 Å². The molecule has 1 rings (SSSR count). The molecule has 0 aliphatic heterocycles. The summed E-state index contributed by atoms with van der Waals surface area (Å²) in [4.78, 5) is 0. The van der Waals surface area contributed by atoms with Crippen LogP contribution in [-0.4, -0.2) is 37.6 Å². The Bertz CT molecular complexity index is 573. The van der Waals surface area contributed by atoms with E-state index in [2.05, 4.69) is 5.32 Å². The first-order chi connectivity index (χ1) is 9.04. The largest absolute Gasteiger partial charge is 0.387 e. The van der Waals surface area contributed by atoms with E-state index in [1.165, 1.54) is 6.26 Å². The molecule has 0 aliphatic carbocycles. The highest BCUT2D eigenvalue weighted by Gasteiger charge is 2.29. The smallest absolute Gasteiger partial charge is 0.153 e. The van der Waals surface area contributed by atoms with E-state index in [-0.39, 0.29) is 13.1 Å². The number of aliphatic hydroxyl groups is 1. The van der Waals surface area contributed by atoms with E-state index < -0.39 is 20.7 Å². The zero-order chi connectivity index (χ0) is 15.6. The first kappa shape index (κ1) is 17.7. The molecule has 0 spiro atoms. The quantitative estimate of drug-likeness (QED) is 0.835. The van der Waals surface area contributed by atoms with Gasteiger partial charge in [-0.05, 0) is 32.0 Å². The molecule has 20 heavy (non-hydrogen) atoms. The summed E-state index contributed by atoms with van der Waals surface area (Å²) in [7, 11) is -3.17. The molecule has 0 amide bonds. The lowest BCUT2D eigenvalue weighted by molar-refractivity contribution is 0.174. The highest BCUT2D eigenvalue weighted by atomic mass is 35.5. The molecule has 0 aliphatic rings. The molecule has 4 nitrogen and oxygen atoms in total. The van der Waals surface area contributed by atoms with Crippen molar-refractivity contribution in [2.45, 2.75) is 24.7 Å². The number of benzene rings is 1. The van der Waals surface area contributed by atoms with E-state index in [9.17, 15) is 13.5 Å². The van der Waals surface area contributed by atoms with Crippen LogP contribution in [0.25, 0.3) is 0 Å². The zero-order valence-corrected chi connectivity index (χ0v) is 14.0. The first-order valence-corrected chi connectivity index (χ1v) is 8.72. The molecule has 2 N–H and O–H groups in total. The molecule has 114 valence electrons. The highest BCUT2D eigenvalue weighted by Crippen LogP contribution is 2.26. The number of nitrogens with one attached hydrogen (secondary N) is 1. The second-order valence-electron chi connectivity index (χ2n) is 5.34. The Hall–Kier alpha value is -0.330. The monoisotopic (exact) mass is 339 g/mol. The van der Waals surface area contributed by atoms with Crippen molar-refractivity contribution in [1.29, 1.82) is 0 Å². The minimum Gasteiger partial charge on any atom is -0.387 e. The average Bonchev–Trinajstić information content (AvgIpc) is 2.30. The predicted octanol–water partition coefficient (Wildman–Crippen LogP) is 2.44. The van der Waals surface area contributed by atoms with E-state index >= 15 is 0 Å². The summed E-state index contributed by atoms with van der Waals surface area (Å²) in [5, 5.41) is 13.9. The van der Waals surface area contributed by atoms with Crippen LogP contribution in [0.4, 0.5) is 0 Å². The molecule has 1 unspecified atom stereocenters. The van der Waals surface area contributed by atoms with Gasteiger partial charge in [0, 0.05) is 35.0 Å². The number of rotatable bonds is 6. The lowest BCUT2D eigenvalue weighted by Gasteiger charge is -2.24. The molecule has 0 radical (unpaired) electrons. The van der Waals surface area contributed by atoms with Gasteiger partial charge in [-0.3, -0.25) is 0 Å². The van der Waals surface area contributed by atoms with E-state index in [1.54, 1.807) is 32.0 Å². The minimum atomic E-state index is -3.17.